The number of hydrogen-bond acceptors (Lipinski definition) is 7. The molecule has 0 N–H and O–H groups in total. The fourth-order valence-corrected chi connectivity index (χ4v) is 3.80. The summed E-state index contributed by atoms with van der Waals surface area (Å²) in [4.78, 5) is 16.7. The maximum Gasteiger partial charge on any atom is 0.387 e. The Morgan fingerprint density at radius 1 is 1.11 bits per heavy atom. The molecular formula is C27H22F2N4O4. The summed E-state index contributed by atoms with van der Waals surface area (Å²) < 4.78 is 43.1. The first-order chi connectivity index (χ1) is 18.0. The van der Waals surface area contributed by atoms with E-state index in [1.54, 1.807) is 53.2 Å². The van der Waals surface area contributed by atoms with Gasteiger partial charge in [-0.2, -0.15) is 19.1 Å². The zero-order valence-electron chi connectivity index (χ0n) is 19.6. The maximum absolute atomic E-state index is 12.9. The average Bonchev–Trinajstić information content (AvgIpc) is 3.63. The number of carbonyl (C=O) groups is 1. The number of hydrogen-bond donors (Lipinski definition) is 0. The molecule has 1 saturated carbocycles. The van der Waals surface area contributed by atoms with Crippen molar-refractivity contribution in [2.24, 2.45) is 5.92 Å². The second-order valence-electron chi connectivity index (χ2n) is 8.55. The van der Waals surface area contributed by atoms with E-state index < -0.39 is 12.6 Å². The summed E-state index contributed by atoms with van der Waals surface area (Å²) in [5, 5.41) is 13.3. The van der Waals surface area contributed by atoms with Gasteiger partial charge in [0.2, 0.25) is 0 Å². The van der Waals surface area contributed by atoms with Crippen LogP contribution in [0.3, 0.4) is 0 Å². The number of benzene rings is 2. The quantitative estimate of drug-likeness (QED) is 0.207. The molecule has 0 saturated heterocycles. The van der Waals surface area contributed by atoms with Gasteiger partial charge in [0.25, 0.3) is 0 Å². The highest BCUT2D eigenvalue weighted by Crippen LogP contribution is 2.36. The molecule has 2 aromatic heterocycles. The van der Waals surface area contributed by atoms with Gasteiger partial charge in [-0.1, -0.05) is 12.1 Å². The van der Waals surface area contributed by atoms with Gasteiger partial charge in [0, 0.05) is 23.4 Å². The Bertz CT molecular complexity index is 1480. The minimum Gasteiger partial charge on any atom is -0.489 e. The van der Waals surface area contributed by atoms with E-state index in [0.29, 0.717) is 46.3 Å². The van der Waals surface area contributed by atoms with Crippen LogP contribution >= 0.6 is 0 Å². The number of ether oxygens (including phenoxy) is 3. The predicted octanol–water partition coefficient (Wildman–Crippen LogP) is 5.52. The van der Waals surface area contributed by atoms with Gasteiger partial charge >= 0.3 is 12.6 Å². The van der Waals surface area contributed by atoms with Gasteiger partial charge in [0.1, 0.15) is 6.61 Å². The minimum absolute atomic E-state index is 0.0225. The number of nitrogens with zero attached hydrogens (tertiary/aromatic N) is 4. The Hall–Kier alpha value is -4.52. The van der Waals surface area contributed by atoms with E-state index in [9.17, 15) is 13.6 Å². The molecular weight excluding hydrogens is 482 g/mol. The molecule has 2 heterocycles. The molecule has 0 radical (unpaired) electrons. The molecule has 1 fully saturated rings. The average molecular weight is 504 g/mol. The van der Waals surface area contributed by atoms with Gasteiger partial charge < -0.3 is 14.2 Å². The highest BCUT2D eigenvalue weighted by molar-refractivity contribution is 5.91. The highest BCUT2D eigenvalue weighted by atomic mass is 19.3. The van der Waals surface area contributed by atoms with Crippen LogP contribution in [-0.2, 0) is 4.74 Å². The van der Waals surface area contributed by atoms with Crippen molar-refractivity contribution in [3.05, 3.63) is 66.4 Å². The Morgan fingerprint density at radius 2 is 1.97 bits per heavy atom. The Morgan fingerprint density at radius 3 is 2.76 bits per heavy atom. The largest absolute Gasteiger partial charge is 0.489 e. The number of halogens is 2. The molecule has 5 rings (SSSR count). The number of nitriles is 1. The van der Waals surface area contributed by atoms with Crippen molar-refractivity contribution < 1.29 is 27.8 Å². The van der Waals surface area contributed by atoms with Gasteiger partial charge in [0.15, 0.2) is 17.1 Å². The molecule has 4 aromatic rings. The number of carbonyl (C=O) groups excluding carboxylic acids is 1. The van der Waals surface area contributed by atoms with Crippen molar-refractivity contribution >= 4 is 11.6 Å². The highest BCUT2D eigenvalue weighted by Gasteiger charge is 2.23. The molecule has 1 aliphatic carbocycles. The summed E-state index contributed by atoms with van der Waals surface area (Å²) in [5.74, 6) is 0.127. The van der Waals surface area contributed by atoms with E-state index >= 15 is 0 Å². The van der Waals surface area contributed by atoms with E-state index in [1.807, 2.05) is 12.1 Å². The first kappa shape index (κ1) is 24.2. The first-order valence-corrected chi connectivity index (χ1v) is 11.7. The van der Waals surface area contributed by atoms with Gasteiger partial charge in [-0.25, -0.2) is 14.3 Å². The van der Waals surface area contributed by atoms with Crippen molar-refractivity contribution in [1.82, 2.24) is 14.6 Å². The first-order valence-electron chi connectivity index (χ1n) is 11.7. The summed E-state index contributed by atoms with van der Waals surface area (Å²) in [6.45, 7) is -2.50. The second kappa shape index (κ2) is 10.6. The molecule has 8 nitrogen and oxygen atoms in total. The monoisotopic (exact) mass is 504 g/mol. The fourth-order valence-electron chi connectivity index (χ4n) is 3.80. The van der Waals surface area contributed by atoms with Gasteiger partial charge in [0.05, 0.1) is 36.0 Å². The van der Waals surface area contributed by atoms with Crippen LogP contribution in [0.15, 0.2) is 60.8 Å². The molecule has 0 bridgehead atoms. The Balaban J connectivity index is 1.47. The zero-order valence-corrected chi connectivity index (χ0v) is 19.6. The van der Waals surface area contributed by atoms with Crippen LogP contribution in [0, 0.1) is 17.2 Å². The lowest BCUT2D eigenvalue weighted by Gasteiger charge is -2.14. The normalized spacial score (nSPS) is 12.9. The summed E-state index contributed by atoms with van der Waals surface area (Å²) >= 11 is 0. The van der Waals surface area contributed by atoms with Crippen LogP contribution in [0.5, 0.6) is 11.5 Å². The van der Waals surface area contributed by atoms with Crippen molar-refractivity contribution in [1.29, 1.82) is 5.26 Å². The summed E-state index contributed by atoms with van der Waals surface area (Å²) in [6, 6.07) is 17.1. The van der Waals surface area contributed by atoms with Crippen molar-refractivity contribution in [2.45, 2.75) is 25.9 Å². The predicted molar refractivity (Wildman–Crippen MR) is 129 cm³/mol. The molecule has 0 spiro atoms. The second-order valence-corrected chi connectivity index (χ2v) is 8.55. The van der Waals surface area contributed by atoms with Gasteiger partial charge in [-0.05, 0) is 55.2 Å². The van der Waals surface area contributed by atoms with E-state index in [0.717, 1.165) is 12.8 Å². The smallest absolute Gasteiger partial charge is 0.387 e. The van der Waals surface area contributed by atoms with Crippen molar-refractivity contribution in [3.63, 3.8) is 0 Å². The Labute approximate surface area is 211 Å². The third kappa shape index (κ3) is 5.67. The van der Waals surface area contributed by atoms with Crippen molar-refractivity contribution in [2.75, 3.05) is 13.2 Å². The van der Waals surface area contributed by atoms with E-state index in [1.165, 1.54) is 6.07 Å². The zero-order chi connectivity index (χ0) is 25.8. The minimum atomic E-state index is -2.96. The molecule has 10 heteroatoms. The molecule has 188 valence electrons. The van der Waals surface area contributed by atoms with Gasteiger partial charge in [-0.15, -0.1) is 0 Å². The fraction of sp³-hybridized carbons (Fsp3) is 0.259. The summed E-state index contributed by atoms with van der Waals surface area (Å²) in [7, 11) is 0. The number of rotatable bonds is 10. The molecule has 2 aromatic carbocycles. The van der Waals surface area contributed by atoms with E-state index in [4.69, 9.17) is 14.7 Å². The molecule has 0 amide bonds. The lowest BCUT2D eigenvalue weighted by atomic mass is 10.1. The number of aromatic nitrogens is 3. The van der Waals surface area contributed by atoms with Crippen LogP contribution in [0.1, 0.15) is 29.6 Å². The molecule has 37 heavy (non-hydrogen) atoms. The number of alkyl halides is 2. The molecule has 0 atom stereocenters. The lowest BCUT2D eigenvalue weighted by Crippen LogP contribution is -2.06. The third-order valence-electron chi connectivity index (χ3n) is 5.83. The van der Waals surface area contributed by atoms with Crippen LogP contribution < -0.4 is 9.47 Å². The van der Waals surface area contributed by atoms with Crippen LogP contribution in [-0.4, -0.2) is 40.4 Å². The maximum atomic E-state index is 12.9. The topological polar surface area (TPSA) is 98.7 Å². The summed E-state index contributed by atoms with van der Waals surface area (Å²) in [5.41, 5.74) is 3.51. The molecule has 0 unspecified atom stereocenters. The van der Waals surface area contributed by atoms with E-state index in [-0.39, 0.29) is 24.5 Å². The lowest BCUT2D eigenvalue weighted by molar-refractivity contribution is -0.0515. The molecule has 0 aliphatic heterocycles. The molecule has 1 aliphatic rings. The van der Waals surface area contributed by atoms with Crippen LogP contribution in [0.4, 0.5) is 8.78 Å². The standard InChI is InChI=1S/C27H22F2N4O4/c28-27(29)37-23-8-7-19(14-24(23)36-16-17-5-6-17)22-9-11-31-25-15-21(32-33(22)25)18-3-1-4-20(13-18)26(34)35-12-2-10-30/h1,3-4,7-9,11,13-15,17,27H,2,5-6,12,16H2. The van der Waals surface area contributed by atoms with Gasteiger partial charge in [-0.3, -0.25) is 0 Å². The van der Waals surface area contributed by atoms with Crippen molar-refractivity contribution in [3.8, 4) is 40.1 Å². The SMILES string of the molecule is N#CCCOC(=O)c1cccc(-c2cc3nccc(-c4ccc(OC(F)F)c(OCC5CC5)c4)n3n2)c1. The van der Waals surface area contributed by atoms with Crippen LogP contribution in [0.2, 0.25) is 0 Å². The number of fused-ring (bicyclic) bond motifs is 1. The van der Waals surface area contributed by atoms with Crippen LogP contribution in [0.25, 0.3) is 28.2 Å². The van der Waals surface area contributed by atoms with E-state index in [2.05, 4.69) is 14.8 Å². The Kier molecular flexibility index (Phi) is 6.94. The third-order valence-corrected chi connectivity index (χ3v) is 5.83. The number of esters is 1. The summed E-state index contributed by atoms with van der Waals surface area (Å²) in [6.07, 6.45) is 3.87.